The molecule has 0 spiro atoms. The number of para-hydroxylation sites is 2. The van der Waals surface area contributed by atoms with Gasteiger partial charge in [-0.3, -0.25) is 14.5 Å². The van der Waals surface area contributed by atoms with Gasteiger partial charge >= 0.3 is 0 Å². The summed E-state index contributed by atoms with van der Waals surface area (Å²) in [5.41, 5.74) is 3.38. The Bertz CT molecular complexity index is 1220. The molecule has 0 bridgehead atoms. The number of nitrogens with one attached hydrogen (secondary N) is 1. The zero-order valence-electron chi connectivity index (χ0n) is 15.0. The molecule has 0 fully saturated rings. The number of hydrogen-bond donors (Lipinski definition) is 1. The maximum Gasteiger partial charge on any atom is 0.248 e. The van der Waals surface area contributed by atoms with Crippen molar-refractivity contribution in [2.24, 2.45) is 0 Å². The van der Waals surface area contributed by atoms with Crippen molar-refractivity contribution in [1.29, 1.82) is 0 Å². The first kappa shape index (κ1) is 17.3. The summed E-state index contributed by atoms with van der Waals surface area (Å²) in [7, 11) is 0. The number of benzene rings is 3. The lowest BCUT2D eigenvalue weighted by atomic mass is 9.97. The van der Waals surface area contributed by atoms with Crippen LogP contribution in [0.25, 0.3) is 12.2 Å². The molecule has 5 rings (SSSR count). The van der Waals surface area contributed by atoms with Gasteiger partial charge in [0, 0.05) is 6.07 Å². The number of halogens is 2. The predicted molar refractivity (Wildman–Crippen MR) is 107 cm³/mol. The number of nitrogens with zero attached hydrogens (tertiary/aromatic N) is 1. The van der Waals surface area contributed by atoms with Crippen LogP contribution in [-0.2, 0) is 9.59 Å². The Morgan fingerprint density at radius 1 is 0.931 bits per heavy atom. The number of rotatable bonds is 2. The third-order valence-corrected chi connectivity index (χ3v) is 5.17. The molecule has 0 saturated heterocycles. The Morgan fingerprint density at radius 2 is 1.69 bits per heavy atom. The Morgan fingerprint density at radius 3 is 2.52 bits per heavy atom. The Hall–Kier alpha value is -3.80. The van der Waals surface area contributed by atoms with Crippen molar-refractivity contribution in [2.45, 2.75) is 5.92 Å². The predicted octanol–water partition coefficient (Wildman–Crippen LogP) is 4.85. The molecule has 3 aromatic carbocycles. The summed E-state index contributed by atoms with van der Waals surface area (Å²) in [5, 5.41) is 2.43. The van der Waals surface area contributed by atoms with Crippen LogP contribution in [0.15, 0.2) is 60.7 Å². The molecule has 4 nitrogen and oxygen atoms in total. The number of anilines is 3. The molecule has 0 aliphatic carbocycles. The summed E-state index contributed by atoms with van der Waals surface area (Å²) in [6, 6.07) is 15.7. The second kappa shape index (κ2) is 6.38. The van der Waals surface area contributed by atoms with E-state index in [1.54, 1.807) is 17.0 Å². The van der Waals surface area contributed by atoms with Gasteiger partial charge in [0.1, 0.15) is 17.6 Å². The smallest absolute Gasteiger partial charge is 0.248 e. The average molecular weight is 388 g/mol. The fourth-order valence-corrected chi connectivity index (χ4v) is 3.88. The van der Waals surface area contributed by atoms with Gasteiger partial charge in [0.15, 0.2) is 0 Å². The number of carbonyl (C=O) groups excluding carboxylic acids is 2. The highest BCUT2D eigenvalue weighted by Gasteiger charge is 2.44. The van der Waals surface area contributed by atoms with E-state index in [4.69, 9.17) is 0 Å². The van der Waals surface area contributed by atoms with E-state index < -0.39 is 29.4 Å². The Balaban J connectivity index is 1.60. The first-order valence-electron chi connectivity index (χ1n) is 9.04. The lowest BCUT2D eigenvalue weighted by Gasteiger charge is -2.20. The molecular weight excluding hydrogens is 374 g/mol. The van der Waals surface area contributed by atoms with Gasteiger partial charge in [-0.05, 0) is 34.9 Å². The molecule has 0 aromatic heterocycles. The minimum Gasteiger partial charge on any atom is -0.323 e. The van der Waals surface area contributed by atoms with Crippen molar-refractivity contribution in [3.8, 4) is 0 Å². The maximum atomic E-state index is 14.0. The standard InChI is InChI=1S/C23H14F2N2O2/c24-15-10-11-18(17(25)12-15)26-22(28)20-16-6-3-5-14-9-8-13-4-1-2-7-19(13)27(21(14)16)23(20)29/h1-12,20H,(H,26,28). The monoisotopic (exact) mass is 388 g/mol. The van der Waals surface area contributed by atoms with Crippen LogP contribution in [-0.4, -0.2) is 11.8 Å². The van der Waals surface area contributed by atoms with Crippen molar-refractivity contribution in [3.05, 3.63) is 89.0 Å². The number of amides is 2. The van der Waals surface area contributed by atoms with Gasteiger partial charge in [-0.15, -0.1) is 0 Å². The van der Waals surface area contributed by atoms with E-state index >= 15 is 0 Å². The molecule has 2 aliphatic rings. The van der Waals surface area contributed by atoms with E-state index in [0.29, 0.717) is 23.0 Å². The van der Waals surface area contributed by atoms with Gasteiger partial charge in [-0.1, -0.05) is 48.6 Å². The topological polar surface area (TPSA) is 49.4 Å². The molecular formula is C23H14F2N2O2. The van der Waals surface area contributed by atoms with Crippen molar-refractivity contribution >= 4 is 41.0 Å². The van der Waals surface area contributed by atoms with E-state index in [9.17, 15) is 18.4 Å². The highest BCUT2D eigenvalue weighted by atomic mass is 19.1. The van der Waals surface area contributed by atoms with Gasteiger partial charge < -0.3 is 5.32 Å². The van der Waals surface area contributed by atoms with Crippen molar-refractivity contribution < 1.29 is 18.4 Å². The minimum absolute atomic E-state index is 0.173. The van der Waals surface area contributed by atoms with Crippen molar-refractivity contribution in [1.82, 2.24) is 0 Å². The number of carbonyl (C=O) groups is 2. The number of hydrogen-bond acceptors (Lipinski definition) is 2. The van der Waals surface area contributed by atoms with E-state index in [2.05, 4.69) is 5.32 Å². The Kier molecular flexibility index (Phi) is 3.81. The summed E-state index contributed by atoms with van der Waals surface area (Å²) >= 11 is 0. The largest absolute Gasteiger partial charge is 0.323 e. The van der Waals surface area contributed by atoms with Crippen LogP contribution in [0, 0.1) is 11.6 Å². The third kappa shape index (κ3) is 2.64. The fourth-order valence-electron chi connectivity index (χ4n) is 3.88. The van der Waals surface area contributed by atoms with Crippen LogP contribution in [0.4, 0.5) is 25.8 Å². The van der Waals surface area contributed by atoms with Crippen LogP contribution in [0.2, 0.25) is 0 Å². The Labute approximate surface area is 165 Å². The van der Waals surface area contributed by atoms with Gasteiger partial charge in [0.2, 0.25) is 11.8 Å². The molecule has 0 saturated carbocycles. The first-order valence-corrected chi connectivity index (χ1v) is 9.04. The van der Waals surface area contributed by atoms with Gasteiger partial charge in [-0.2, -0.15) is 0 Å². The molecule has 3 aromatic rings. The number of fused-ring (bicyclic) bond motifs is 2. The zero-order valence-corrected chi connectivity index (χ0v) is 15.0. The molecule has 0 radical (unpaired) electrons. The van der Waals surface area contributed by atoms with E-state index in [-0.39, 0.29) is 5.69 Å². The van der Waals surface area contributed by atoms with Gasteiger partial charge in [0.05, 0.1) is 17.1 Å². The van der Waals surface area contributed by atoms with Crippen molar-refractivity contribution in [3.63, 3.8) is 0 Å². The molecule has 2 heterocycles. The van der Waals surface area contributed by atoms with Crippen LogP contribution in [0.3, 0.4) is 0 Å². The molecule has 142 valence electrons. The highest BCUT2D eigenvalue weighted by molar-refractivity contribution is 6.24. The molecule has 6 heteroatoms. The van der Waals surface area contributed by atoms with Crippen LogP contribution in [0.5, 0.6) is 0 Å². The first-order chi connectivity index (χ1) is 14.0. The normalized spacial score (nSPS) is 16.3. The fraction of sp³-hybridized carbons (Fsp3) is 0.0435. The molecule has 1 unspecified atom stereocenters. The summed E-state index contributed by atoms with van der Waals surface area (Å²) in [6.45, 7) is 0. The zero-order chi connectivity index (χ0) is 20.1. The summed E-state index contributed by atoms with van der Waals surface area (Å²) in [5.74, 6) is -3.85. The van der Waals surface area contributed by atoms with Crippen LogP contribution >= 0.6 is 0 Å². The summed E-state index contributed by atoms with van der Waals surface area (Å²) in [4.78, 5) is 27.9. The van der Waals surface area contributed by atoms with Gasteiger partial charge in [-0.25, -0.2) is 8.78 Å². The summed E-state index contributed by atoms with van der Waals surface area (Å²) < 4.78 is 27.2. The lowest BCUT2D eigenvalue weighted by Crippen LogP contribution is -2.31. The average Bonchev–Trinajstić information content (AvgIpc) is 2.89. The van der Waals surface area contributed by atoms with E-state index in [1.165, 1.54) is 0 Å². The van der Waals surface area contributed by atoms with Gasteiger partial charge in [0.25, 0.3) is 0 Å². The van der Waals surface area contributed by atoms with Crippen LogP contribution in [0.1, 0.15) is 22.6 Å². The molecule has 1 N–H and O–H groups in total. The highest BCUT2D eigenvalue weighted by Crippen LogP contribution is 2.47. The second-order valence-electron chi connectivity index (χ2n) is 6.90. The second-order valence-corrected chi connectivity index (χ2v) is 6.90. The molecule has 2 amide bonds. The quantitative estimate of drug-likeness (QED) is 0.638. The lowest BCUT2D eigenvalue weighted by molar-refractivity contribution is -0.126. The molecule has 29 heavy (non-hydrogen) atoms. The molecule has 2 aliphatic heterocycles. The van der Waals surface area contributed by atoms with E-state index in [1.807, 2.05) is 42.5 Å². The van der Waals surface area contributed by atoms with E-state index in [0.717, 1.165) is 23.3 Å². The third-order valence-electron chi connectivity index (χ3n) is 5.17. The van der Waals surface area contributed by atoms with Crippen LogP contribution < -0.4 is 10.2 Å². The minimum atomic E-state index is -1.13. The maximum absolute atomic E-state index is 14.0. The summed E-state index contributed by atoms with van der Waals surface area (Å²) in [6.07, 6.45) is 3.84. The molecule has 1 atom stereocenters. The van der Waals surface area contributed by atoms with Crippen molar-refractivity contribution in [2.75, 3.05) is 10.2 Å². The SMILES string of the molecule is O=C(Nc1ccc(F)cc1F)C1C(=O)N2c3ccccc3C=Cc3cccc1c32.